The molecular weight excluding hydrogens is 350 g/mol. The van der Waals surface area contributed by atoms with E-state index in [9.17, 15) is 4.79 Å². The van der Waals surface area contributed by atoms with Gasteiger partial charge in [0.05, 0.1) is 23.3 Å². The van der Waals surface area contributed by atoms with Gasteiger partial charge in [0.25, 0.3) is 0 Å². The summed E-state index contributed by atoms with van der Waals surface area (Å²) < 4.78 is 0. The number of likely N-dealkylation sites (tertiary alicyclic amines) is 1. The molecule has 9 heteroatoms. The summed E-state index contributed by atoms with van der Waals surface area (Å²) >= 11 is 1.40. The number of aromatic nitrogens is 5. The van der Waals surface area contributed by atoms with Crippen LogP contribution in [0.5, 0.6) is 0 Å². The molecule has 2 aliphatic rings. The third-order valence-corrected chi connectivity index (χ3v) is 6.53. The second kappa shape index (κ2) is 7.03. The maximum absolute atomic E-state index is 12.6. The average Bonchev–Trinajstić information content (AvgIpc) is 3.33. The van der Waals surface area contributed by atoms with E-state index >= 15 is 0 Å². The van der Waals surface area contributed by atoms with Gasteiger partial charge in [-0.3, -0.25) is 14.8 Å². The molecule has 0 unspecified atom stereocenters. The maximum atomic E-state index is 12.6. The number of aromatic amines is 2. The molecule has 1 saturated heterocycles. The molecule has 1 amide bonds. The Morgan fingerprint density at radius 3 is 2.88 bits per heavy atom. The molecule has 1 spiro atoms. The highest BCUT2D eigenvalue weighted by atomic mass is 32.2. The first kappa shape index (κ1) is 17.5. The minimum atomic E-state index is -0.0305. The van der Waals surface area contributed by atoms with Crippen molar-refractivity contribution >= 4 is 17.7 Å². The number of H-pyrrole nitrogens is 2. The predicted octanol–water partition coefficient (Wildman–Crippen LogP) is 1.19. The zero-order valence-corrected chi connectivity index (χ0v) is 16.1. The lowest BCUT2D eigenvalue weighted by molar-refractivity contribution is -0.131. The van der Waals surface area contributed by atoms with Gasteiger partial charge in [0.15, 0.2) is 0 Å². The molecule has 2 aliphatic heterocycles. The van der Waals surface area contributed by atoms with Gasteiger partial charge in [-0.25, -0.2) is 9.97 Å². The fraction of sp³-hybridized carbons (Fsp3) is 0.647. The van der Waals surface area contributed by atoms with Gasteiger partial charge in [0.1, 0.15) is 5.82 Å². The molecule has 4 rings (SSSR count). The molecule has 26 heavy (non-hydrogen) atoms. The van der Waals surface area contributed by atoms with Crippen molar-refractivity contribution in [3.8, 4) is 0 Å². The number of nitrogens with one attached hydrogen (secondary N) is 2. The Hall–Kier alpha value is -1.87. The third kappa shape index (κ3) is 3.03. The Balaban J connectivity index is 1.37. The molecule has 0 radical (unpaired) electrons. The zero-order chi connectivity index (χ0) is 18.1. The van der Waals surface area contributed by atoms with E-state index in [1.54, 1.807) is 6.33 Å². The van der Waals surface area contributed by atoms with Gasteiger partial charge < -0.3 is 9.88 Å². The quantitative estimate of drug-likeness (QED) is 0.780. The van der Waals surface area contributed by atoms with Gasteiger partial charge >= 0.3 is 0 Å². The van der Waals surface area contributed by atoms with Crippen LogP contribution in [-0.2, 0) is 23.2 Å². The molecule has 4 heterocycles. The first-order valence-corrected chi connectivity index (χ1v) is 10.2. The highest BCUT2D eigenvalue weighted by Crippen LogP contribution is 2.41. The average molecular weight is 376 g/mol. The molecular formula is C17H25N7OS. The number of carbonyl (C=O) groups is 1. The number of aryl methyl sites for hydroxylation is 1. The lowest BCUT2D eigenvalue weighted by Crippen LogP contribution is -2.55. The van der Waals surface area contributed by atoms with Gasteiger partial charge in [-0.05, 0) is 19.9 Å². The highest BCUT2D eigenvalue weighted by molar-refractivity contribution is 7.99. The van der Waals surface area contributed by atoms with E-state index in [4.69, 9.17) is 0 Å². The van der Waals surface area contributed by atoms with Crippen molar-refractivity contribution in [2.45, 2.75) is 43.3 Å². The predicted molar refractivity (Wildman–Crippen MR) is 98.9 cm³/mol. The summed E-state index contributed by atoms with van der Waals surface area (Å²) in [5.74, 6) is 1.40. The van der Waals surface area contributed by atoms with Crippen LogP contribution < -0.4 is 0 Å². The number of likely N-dealkylation sites (N-methyl/N-ethyl adjacent to an activating group) is 1. The standard InChI is InChI=1S/C17H25N7OS/c1-3-13-20-16(22-21-13)26-10-14(25)24-8-5-17(6-9-24)15-12(18-11-19-15)4-7-23(17)2/h11H,3-10H2,1-2H3,(H,18,19)(H,20,21,22). The zero-order valence-electron chi connectivity index (χ0n) is 15.3. The maximum Gasteiger partial charge on any atom is 0.233 e. The summed E-state index contributed by atoms with van der Waals surface area (Å²) in [6, 6.07) is 0. The summed E-state index contributed by atoms with van der Waals surface area (Å²) in [5, 5.41) is 7.68. The van der Waals surface area contributed by atoms with Crippen molar-refractivity contribution in [1.29, 1.82) is 0 Å². The number of imidazole rings is 1. The van der Waals surface area contributed by atoms with Crippen LogP contribution in [0, 0.1) is 0 Å². The van der Waals surface area contributed by atoms with Crippen molar-refractivity contribution in [2.75, 3.05) is 32.4 Å². The molecule has 0 saturated carbocycles. The van der Waals surface area contributed by atoms with Gasteiger partial charge in [0.2, 0.25) is 11.1 Å². The Bertz CT molecular complexity index is 778. The molecule has 2 aromatic rings. The van der Waals surface area contributed by atoms with Gasteiger partial charge in [-0.2, -0.15) is 0 Å². The lowest BCUT2D eigenvalue weighted by atomic mass is 9.79. The van der Waals surface area contributed by atoms with Crippen molar-refractivity contribution in [2.24, 2.45) is 0 Å². The topological polar surface area (TPSA) is 93.8 Å². The van der Waals surface area contributed by atoms with Crippen LogP contribution in [-0.4, -0.2) is 73.3 Å². The fourth-order valence-corrected chi connectivity index (χ4v) is 4.77. The molecule has 0 aliphatic carbocycles. The summed E-state index contributed by atoms with van der Waals surface area (Å²) in [5.41, 5.74) is 2.41. The van der Waals surface area contributed by atoms with Gasteiger partial charge in [0, 0.05) is 38.2 Å². The number of amides is 1. The minimum absolute atomic E-state index is 0.0305. The Morgan fingerprint density at radius 2 is 2.15 bits per heavy atom. The van der Waals surface area contributed by atoms with Crippen molar-refractivity contribution in [1.82, 2.24) is 34.9 Å². The Morgan fingerprint density at radius 1 is 1.35 bits per heavy atom. The van der Waals surface area contributed by atoms with Crippen LogP contribution in [0.25, 0.3) is 0 Å². The van der Waals surface area contributed by atoms with E-state index in [1.807, 2.05) is 11.8 Å². The second-order valence-electron chi connectivity index (χ2n) is 7.02. The molecule has 2 aromatic heterocycles. The summed E-state index contributed by atoms with van der Waals surface area (Å²) in [6.45, 7) is 4.59. The summed E-state index contributed by atoms with van der Waals surface area (Å²) in [4.78, 5) is 29.3. The van der Waals surface area contributed by atoms with E-state index in [2.05, 4.69) is 37.1 Å². The number of piperidine rings is 1. The van der Waals surface area contributed by atoms with E-state index < -0.39 is 0 Å². The van der Waals surface area contributed by atoms with E-state index in [1.165, 1.54) is 23.1 Å². The number of carbonyl (C=O) groups excluding carboxylic acids is 1. The summed E-state index contributed by atoms with van der Waals surface area (Å²) in [7, 11) is 2.18. The van der Waals surface area contributed by atoms with E-state index in [0.29, 0.717) is 10.9 Å². The first-order valence-electron chi connectivity index (χ1n) is 9.18. The number of nitrogens with zero attached hydrogens (tertiary/aromatic N) is 5. The molecule has 0 aromatic carbocycles. The van der Waals surface area contributed by atoms with Crippen LogP contribution in [0.4, 0.5) is 0 Å². The molecule has 8 nitrogen and oxygen atoms in total. The van der Waals surface area contributed by atoms with Crippen LogP contribution in [0.2, 0.25) is 0 Å². The SMILES string of the molecule is CCc1nc(SCC(=O)N2CCC3(CC2)c2nc[nH]c2CCN3C)n[nH]1. The third-order valence-electron chi connectivity index (χ3n) is 5.70. The number of hydrogen-bond donors (Lipinski definition) is 2. The van der Waals surface area contributed by atoms with Crippen molar-refractivity contribution in [3.05, 3.63) is 23.5 Å². The lowest BCUT2D eigenvalue weighted by Gasteiger charge is -2.49. The number of thioether (sulfide) groups is 1. The smallest absolute Gasteiger partial charge is 0.233 e. The minimum Gasteiger partial charge on any atom is -0.348 e. The van der Waals surface area contributed by atoms with E-state index in [-0.39, 0.29) is 11.4 Å². The molecule has 140 valence electrons. The molecule has 2 N–H and O–H groups in total. The Kier molecular flexibility index (Phi) is 4.74. The van der Waals surface area contributed by atoms with Gasteiger partial charge in [-0.15, -0.1) is 5.10 Å². The fourth-order valence-electron chi connectivity index (χ4n) is 4.05. The highest BCUT2D eigenvalue weighted by Gasteiger charge is 2.45. The van der Waals surface area contributed by atoms with Crippen LogP contribution in [0.15, 0.2) is 11.5 Å². The summed E-state index contributed by atoms with van der Waals surface area (Å²) in [6.07, 6.45) is 5.50. The van der Waals surface area contributed by atoms with Crippen molar-refractivity contribution < 1.29 is 4.79 Å². The molecule has 0 bridgehead atoms. The van der Waals surface area contributed by atoms with E-state index in [0.717, 1.165) is 51.1 Å². The van der Waals surface area contributed by atoms with Crippen molar-refractivity contribution in [3.63, 3.8) is 0 Å². The van der Waals surface area contributed by atoms with Crippen LogP contribution in [0.3, 0.4) is 0 Å². The number of rotatable bonds is 4. The van der Waals surface area contributed by atoms with Crippen LogP contribution >= 0.6 is 11.8 Å². The largest absolute Gasteiger partial charge is 0.348 e. The monoisotopic (exact) mass is 375 g/mol. The van der Waals surface area contributed by atoms with Gasteiger partial charge in [-0.1, -0.05) is 18.7 Å². The Labute approximate surface area is 157 Å². The first-order chi connectivity index (χ1) is 12.6. The van der Waals surface area contributed by atoms with Crippen LogP contribution in [0.1, 0.15) is 37.0 Å². The number of hydrogen-bond acceptors (Lipinski definition) is 6. The molecule has 0 atom stereocenters. The normalized spacial score (nSPS) is 19.7. The number of fused-ring (bicyclic) bond motifs is 2. The molecule has 1 fully saturated rings. The second-order valence-corrected chi connectivity index (χ2v) is 7.96.